The number of nitrogens with zero attached hydrogens (tertiary/aromatic N) is 1. The first kappa shape index (κ1) is 15.0. The Morgan fingerprint density at radius 1 is 1.29 bits per heavy atom. The topological polar surface area (TPSA) is 15.3 Å². The zero-order chi connectivity index (χ0) is 12.8. The largest absolute Gasteiger partial charge is 0.312 e. The highest BCUT2D eigenvalue weighted by Gasteiger charge is 2.31. The van der Waals surface area contributed by atoms with Crippen LogP contribution in [-0.4, -0.2) is 36.1 Å². The van der Waals surface area contributed by atoms with Crippen molar-refractivity contribution in [2.45, 2.75) is 78.4 Å². The molecule has 0 aromatic rings. The minimum Gasteiger partial charge on any atom is -0.312 e. The summed E-state index contributed by atoms with van der Waals surface area (Å²) in [5, 5.41) is 3.71. The minimum atomic E-state index is 0.655. The lowest BCUT2D eigenvalue weighted by atomic mass is 9.89. The molecule has 1 aliphatic heterocycles. The van der Waals surface area contributed by atoms with Gasteiger partial charge in [-0.3, -0.25) is 4.90 Å². The van der Waals surface area contributed by atoms with Gasteiger partial charge in [0.15, 0.2) is 0 Å². The fraction of sp³-hybridized carbons (Fsp3) is 1.00. The summed E-state index contributed by atoms with van der Waals surface area (Å²) in [4.78, 5) is 2.73. The lowest BCUT2D eigenvalue weighted by Gasteiger charge is -2.44. The normalized spacial score (nSPS) is 30.2. The van der Waals surface area contributed by atoms with Gasteiger partial charge in [-0.15, -0.1) is 0 Å². The summed E-state index contributed by atoms with van der Waals surface area (Å²) >= 11 is 0. The highest BCUT2D eigenvalue weighted by atomic mass is 15.2. The quantitative estimate of drug-likeness (QED) is 0.766. The molecule has 2 heteroatoms. The molecule has 0 spiro atoms. The number of likely N-dealkylation sites (tertiary alicyclic amines) is 1. The van der Waals surface area contributed by atoms with Gasteiger partial charge in [-0.1, -0.05) is 20.8 Å². The maximum absolute atomic E-state index is 3.71. The van der Waals surface area contributed by atoms with Gasteiger partial charge in [0.1, 0.15) is 0 Å². The molecular formula is C15H32N2. The third-order valence-corrected chi connectivity index (χ3v) is 4.62. The molecule has 1 heterocycles. The highest BCUT2D eigenvalue weighted by molar-refractivity contribution is 4.87. The second-order valence-corrected chi connectivity index (χ2v) is 5.81. The van der Waals surface area contributed by atoms with Gasteiger partial charge in [-0.05, 0) is 58.5 Å². The van der Waals surface area contributed by atoms with Gasteiger partial charge < -0.3 is 5.32 Å². The molecule has 0 amide bonds. The molecule has 4 atom stereocenters. The summed E-state index contributed by atoms with van der Waals surface area (Å²) in [6.45, 7) is 14.2. The van der Waals surface area contributed by atoms with Crippen molar-refractivity contribution < 1.29 is 0 Å². The Bertz CT molecular complexity index is 205. The van der Waals surface area contributed by atoms with Crippen LogP contribution in [0, 0.1) is 5.92 Å². The molecule has 1 saturated heterocycles. The van der Waals surface area contributed by atoms with Gasteiger partial charge in [-0.25, -0.2) is 0 Å². The van der Waals surface area contributed by atoms with E-state index >= 15 is 0 Å². The zero-order valence-corrected chi connectivity index (χ0v) is 12.5. The highest BCUT2D eigenvalue weighted by Crippen LogP contribution is 2.26. The summed E-state index contributed by atoms with van der Waals surface area (Å²) in [6.07, 6.45) is 5.25. The first-order valence-corrected chi connectivity index (χ1v) is 7.60. The van der Waals surface area contributed by atoms with Crippen molar-refractivity contribution in [1.29, 1.82) is 0 Å². The lowest BCUT2D eigenvalue weighted by Crippen LogP contribution is -2.54. The Labute approximate surface area is 108 Å². The third kappa shape index (κ3) is 3.96. The molecule has 0 saturated carbocycles. The van der Waals surface area contributed by atoms with Gasteiger partial charge in [-0.2, -0.15) is 0 Å². The van der Waals surface area contributed by atoms with E-state index in [1.807, 2.05) is 0 Å². The van der Waals surface area contributed by atoms with Crippen molar-refractivity contribution >= 4 is 0 Å². The van der Waals surface area contributed by atoms with Crippen molar-refractivity contribution in [2.75, 3.05) is 13.1 Å². The number of piperidine rings is 1. The van der Waals surface area contributed by atoms with Crippen LogP contribution < -0.4 is 5.32 Å². The van der Waals surface area contributed by atoms with Gasteiger partial charge in [0.05, 0.1) is 0 Å². The van der Waals surface area contributed by atoms with Crippen LogP contribution in [0.2, 0.25) is 0 Å². The molecule has 0 radical (unpaired) electrons. The molecule has 0 aliphatic carbocycles. The predicted octanol–water partition coefficient (Wildman–Crippen LogP) is 3.27. The number of rotatable bonds is 6. The van der Waals surface area contributed by atoms with Crippen LogP contribution in [0.5, 0.6) is 0 Å². The molecule has 17 heavy (non-hydrogen) atoms. The van der Waals surface area contributed by atoms with E-state index in [0.29, 0.717) is 12.1 Å². The molecule has 0 aromatic carbocycles. The average molecular weight is 240 g/mol. The van der Waals surface area contributed by atoms with Crippen molar-refractivity contribution in [3.63, 3.8) is 0 Å². The fourth-order valence-electron chi connectivity index (χ4n) is 3.16. The Morgan fingerprint density at radius 3 is 2.59 bits per heavy atom. The number of hydrogen-bond donors (Lipinski definition) is 1. The summed E-state index contributed by atoms with van der Waals surface area (Å²) in [6, 6.07) is 2.07. The molecule has 1 rings (SSSR count). The molecule has 0 aromatic heterocycles. The van der Waals surface area contributed by atoms with Crippen molar-refractivity contribution in [2.24, 2.45) is 5.92 Å². The summed E-state index contributed by atoms with van der Waals surface area (Å²) in [5.74, 6) is 0.856. The van der Waals surface area contributed by atoms with Crippen molar-refractivity contribution in [3.8, 4) is 0 Å². The predicted molar refractivity (Wildman–Crippen MR) is 76.4 cm³/mol. The lowest BCUT2D eigenvalue weighted by molar-refractivity contribution is 0.0569. The van der Waals surface area contributed by atoms with Gasteiger partial charge in [0.25, 0.3) is 0 Å². The molecule has 2 nitrogen and oxygen atoms in total. The van der Waals surface area contributed by atoms with Crippen LogP contribution in [0.3, 0.4) is 0 Å². The van der Waals surface area contributed by atoms with Crippen LogP contribution in [-0.2, 0) is 0 Å². The molecular weight excluding hydrogens is 208 g/mol. The average Bonchev–Trinajstić information content (AvgIpc) is 2.33. The van der Waals surface area contributed by atoms with Gasteiger partial charge >= 0.3 is 0 Å². The molecule has 1 aliphatic rings. The SMILES string of the molecule is CCCNC(CC)C(C)N1CCCC(C)C1C. The maximum atomic E-state index is 3.71. The second kappa shape index (κ2) is 7.38. The van der Waals surface area contributed by atoms with Crippen LogP contribution in [0.25, 0.3) is 0 Å². The van der Waals surface area contributed by atoms with E-state index in [0.717, 1.165) is 18.5 Å². The van der Waals surface area contributed by atoms with E-state index in [1.54, 1.807) is 0 Å². The summed E-state index contributed by atoms with van der Waals surface area (Å²) < 4.78 is 0. The van der Waals surface area contributed by atoms with Crippen molar-refractivity contribution in [3.05, 3.63) is 0 Å². The molecule has 0 bridgehead atoms. The molecule has 1 N–H and O–H groups in total. The molecule has 102 valence electrons. The Kier molecular flexibility index (Phi) is 6.50. The molecule has 4 unspecified atom stereocenters. The Hall–Kier alpha value is -0.0800. The Balaban J connectivity index is 2.55. The summed E-state index contributed by atoms with van der Waals surface area (Å²) in [7, 11) is 0. The zero-order valence-electron chi connectivity index (χ0n) is 12.5. The fourth-order valence-corrected chi connectivity index (χ4v) is 3.16. The first-order chi connectivity index (χ1) is 8.11. The van der Waals surface area contributed by atoms with Crippen LogP contribution in [0.15, 0.2) is 0 Å². The minimum absolute atomic E-state index is 0.655. The standard InChI is InChI=1S/C15H32N2/c1-6-10-16-15(7-2)14(5)17-11-8-9-12(3)13(17)4/h12-16H,6-11H2,1-5H3. The smallest absolute Gasteiger partial charge is 0.0223 e. The van der Waals surface area contributed by atoms with Gasteiger partial charge in [0.2, 0.25) is 0 Å². The van der Waals surface area contributed by atoms with E-state index in [9.17, 15) is 0 Å². The monoisotopic (exact) mass is 240 g/mol. The van der Waals surface area contributed by atoms with Crippen LogP contribution in [0.1, 0.15) is 60.3 Å². The number of nitrogens with one attached hydrogen (secondary N) is 1. The third-order valence-electron chi connectivity index (χ3n) is 4.62. The number of hydrogen-bond acceptors (Lipinski definition) is 2. The first-order valence-electron chi connectivity index (χ1n) is 7.60. The van der Waals surface area contributed by atoms with E-state index in [2.05, 4.69) is 44.8 Å². The van der Waals surface area contributed by atoms with E-state index in [4.69, 9.17) is 0 Å². The van der Waals surface area contributed by atoms with Gasteiger partial charge in [0, 0.05) is 18.1 Å². The van der Waals surface area contributed by atoms with Crippen molar-refractivity contribution in [1.82, 2.24) is 10.2 Å². The second-order valence-electron chi connectivity index (χ2n) is 5.81. The van der Waals surface area contributed by atoms with E-state index in [-0.39, 0.29) is 0 Å². The van der Waals surface area contributed by atoms with Crippen LogP contribution in [0.4, 0.5) is 0 Å². The van der Waals surface area contributed by atoms with E-state index < -0.39 is 0 Å². The molecule has 1 fully saturated rings. The Morgan fingerprint density at radius 2 is 2.00 bits per heavy atom. The maximum Gasteiger partial charge on any atom is 0.0223 e. The summed E-state index contributed by atoms with van der Waals surface area (Å²) in [5.41, 5.74) is 0. The van der Waals surface area contributed by atoms with Crippen LogP contribution >= 0.6 is 0 Å². The van der Waals surface area contributed by atoms with E-state index in [1.165, 1.54) is 32.2 Å².